The molecule has 3 atom stereocenters. The van der Waals surface area contributed by atoms with Crippen molar-refractivity contribution in [2.24, 2.45) is 11.8 Å². The van der Waals surface area contributed by atoms with Crippen LogP contribution in [0, 0.1) is 11.8 Å². The van der Waals surface area contributed by atoms with Crippen LogP contribution in [0.4, 0.5) is 4.79 Å². The molecule has 0 aliphatic heterocycles. The molecule has 3 N–H and O–H groups in total. The van der Waals surface area contributed by atoms with E-state index < -0.39 is 36.0 Å². The first kappa shape index (κ1) is 29.8. The summed E-state index contributed by atoms with van der Waals surface area (Å²) in [4.78, 5) is 40.1. The monoisotopic (exact) mass is 557 g/mol. The lowest BCUT2D eigenvalue weighted by Gasteiger charge is -2.29. The van der Waals surface area contributed by atoms with E-state index >= 15 is 0 Å². The fraction of sp³-hybridized carbons (Fsp3) is 0.364. The van der Waals surface area contributed by atoms with Crippen molar-refractivity contribution in [1.29, 1.82) is 0 Å². The molecule has 4 rings (SSSR count). The first-order chi connectivity index (χ1) is 19.7. The zero-order valence-corrected chi connectivity index (χ0v) is 24.0. The fourth-order valence-electron chi connectivity index (χ4n) is 5.75. The Hall–Kier alpha value is -4.17. The number of aliphatic carboxylic acids is 1. The topological polar surface area (TPSA) is 108 Å². The highest BCUT2D eigenvalue weighted by Crippen LogP contribution is 2.44. The number of hydrogen-bond acceptors (Lipinski definition) is 5. The highest BCUT2D eigenvalue weighted by molar-refractivity contribution is 5.86. The third kappa shape index (κ3) is 7.32. The third-order valence-electron chi connectivity index (χ3n) is 7.65. The second-order valence-corrected chi connectivity index (χ2v) is 11.1. The van der Waals surface area contributed by atoms with Gasteiger partial charge in [0.15, 0.2) is 0 Å². The van der Waals surface area contributed by atoms with Gasteiger partial charge < -0.3 is 20.5 Å². The number of ether oxygens (including phenoxy) is 1. The standard InChI is InChI=1S/C33H39N3O5/c1-21(2)30(31(37)35-29(32(38)39)19-36(4)18-23-12-6-5-7-13-23)22(3)34-33(40)41-20-28-26-16-10-8-14-24(26)25-15-9-11-17-27(25)28/h5-17,21-22,28-30H,18-20H2,1-4H3,(H,34,40)(H,35,37)(H,38,39). The van der Waals surface area contributed by atoms with Gasteiger partial charge >= 0.3 is 12.1 Å². The molecule has 41 heavy (non-hydrogen) atoms. The lowest BCUT2D eigenvalue weighted by Crippen LogP contribution is -2.54. The third-order valence-corrected chi connectivity index (χ3v) is 7.65. The van der Waals surface area contributed by atoms with Crippen molar-refractivity contribution in [3.8, 4) is 11.1 Å². The van der Waals surface area contributed by atoms with E-state index in [1.807, 2.05) is 80.4 Å². The molecule has 3 aromatic carbocycles. The largest absolute Gasteiger partial charge is 0.480 e. The van der Waals surface area contributed by atoms with Crippen molar-refractivity contribution >= 4 is 18.0 Å². The van der Waals surface area contributed by atoms with E-state index in [1.165, 1.54) is 0 Å². The molecule has 0 spiro atoms. The molecule has 0 radical (unpaired) electrons. The highest BCUT2D eigenvalue weighted by atomic mass is 16.5. The summed E-state index contributed by atoms with van der Waals surface area (Å²) < 4.78 is 5.67. The fourth-order valence-corrected chi connectivity index (χ4v) is 5.75. The molecule has 3 aromatic rings. The van der Waals surface area contributed by atoms with Gasteiger partial charge in [-0.1, -0.05) is 92.7 Å². The quantitative estimate of drug-likeness (QED) is 0.293. The van der Waals surface area contributed by atoms with Crippen molar-refractivity contribution in [1.82, 2.24) is 15.5 Å². The van der Waals surface area contributed by atoms with Crippen LogP contribution in [0.25, 0.3) is 11.1 Å². The van der Waals surface area contributed by atoms with Gasteiger partial charge in [0.2, 0.25) is 5.91 Å². The summed E-state index contributed by atoms with van der Waals surface area (Å²) in [5.74, 6) is -2.42. The maximum Gasteiger partial charge on any atom is 0.407 e. The van der Waals surface area contributed by atoms with Crippen LogP contribution < -0.4 is 10.6 Å². The SMILES string of the molecule is CC(C)C(C(=O)NC(CN(C)Cc1ccccc1)C(=O)O)C(C)NC(=O)OCC1c2ccccc2-c2ccccc21. The molecule has 0 saturated heterocycles. The molecule has 0 bridgehead atoms. The number of likely N-dealkylation sites (N-methyl/N-ethyl adjacent to an activating group) is 1. The maximum atomic E-state index is 13.3. The predicted molar refractivity (Wildman–Crippen MR) is 158 cm³/mol. The Morgan fingerprint density at radius 3 is 1.98 bits per heavy atom. The van der Waals surface area contributed by atoms with Crippen molar-refractivity contribution in [3.05, 3.63) is 95.6 Å². The van der Waals surface area contributed by atoms with E-state index in [0.29, 0.717) is 6.54 Å². The summed E-state index contributed by atoms with van der Waals surface area (Å²) >= 11 is 0. The summed E-state index contributed by atoms with van der Waals surface area (Å²) in [6, 6.07) is 24.3. The minimum atomic E-state index is -1.11. The Morgan fingerprint density at radius 1 is 0.854 bits per heavy atom. The molecule has 0 saturated carbocycles. The molecule has 0 aromatic heterocycles. The van der Waals surface area contributed by atoms with Crippen molar-refractivity contribution < 1.29 is 24.2 Å². The van der Waals surface area contributed by atoms with E-state index in [-0.39, 0.29) is 25.0 Å². The number of fused-ring (bicyclic) bond motifs is 3. The summed E-state index contributed by atoms with van der Waals surface area (Å²) in [6.45, 7) is 6.33. The number of carboxylic acids is 1. The van der Waals surface area contributed by atoms with Gasteiger partial charge in [-0.05, 0) is 47.7 Å². The van der Waals surface area contributed by atoms with Crippen LogP contribution in [0.1, 0.15) is 43.4 Å². The number of nitrogens with zero attached hydrogens (tertiary/aromatic N) is 1. The minimum absolute atomic E-state index is 0.0724. The Balaban J connectivity index is 1.35. The van der Waals surface area contributed by atoms with E-state index in [9.17, 15) is 19.5 Å². The van der Waals surface area contributed by atoms with Gasteiger partial charge in [0.25, 0.3) is 0 Å². The molecule has 0 fully saturated rings. The number of carbonyl (C=O) groups is 3. The number of carboxylic acid groups (broad SMARTS) is 1. The molecule has 2 amide bonds. The van der Waals surface area contributed by atoms with Gasteiger partial charge in [-0.3, -0.25) is 9.69 Å². The molecule has 3 unspecified atom stereocenters. The normalized spacial score (nSPS) is 14.6. The van der Waals surface area contributed by atoms with Crippen molar-refractivity contribution in [3.63, 3.8) is 0 Å². The van der Waals surface area contributed by atoms with Crippen LogP contribution in [0.15, 0.2) is 78.9 Å². The molecule has 8 nitrogen and oxygen atoms in total. The number of hydrogen-bond donors (Lipinski definition) is 3. The lowest BCUT2D eigenvalue weighted by molar-refractivity contribution is -0.143. The summed E-state index contributed by atoms with van der Waals surface area (Å²) in [6.07, 6.45) is -0.616. The van der Waals surface area contributed by atoms with Crippen LogP contribution in [0.3, 0.4) is 0 Å². The Kier molecular flexibility index (Phi) is 9.78. The molecule has 1 aliphatic rings. The van der Waals surface area contributed by atoms with E-state index in [0.717, 1.165) is 27.8 Å². The summed E-state index contributed by atoms with van der Waals surface area (Å²) in [7, 11) is 1.82. The minimum Gasteiger partial charge on any atom is -0.480 e. The first-order valence-electron chi connectivity index (χ1n) is 14.0. The van der Waals surface area contributed by atoms with Crippen LogP contribution in [0.5, 0.6) is 0 Å². The second-order valence-electron chi connectivity index (χ2n) is 11.1. The zero-order chi connectivity index (χ0) is 29.5. The zero-order valence-electron chi connectivity index (χ0n) is 24.0. The van der Waals surface area contributed by atoms with Gasteiger partial charge in [-0.25, -0.2) is 9.59 Å². The predicted octanol–water partition coefficient (Wildman–Crippen LogP) is 4.89. The van der Waals surface area contributed by atoms with Crippen LogP contribution in [-0.4, -0.2) is 60.3 Å². The Morgan fingerprint density at radius 2 is 1.41 bits per heavy atom. The van der Waals surface area contributed by atoms with Crippen molar-refractivity contribution in [2.45, 2.75) is 45.3 Å². The molecular formula is C33H39N3O5. The molecule has 216 valence electrons. The number of nitrogens with one attached hydrogen (secondary N) is 2. The smallest absolute Gasteiger partial charge is 0.407 e. The number of alkyl carbamates (subject to hydrolysis) is 1. The molecule has 1 aliphatic carbocycles. The number of amides is 2. The maximum absolute atomic E-state index is 13.3. The van der Waals surface area contributed by atoms with E-state index in [2.05, 4.69) is 34.9 Å². The number of carbonyl (C=O) groups excluding carboxylic acids is 2. The van der Waals surface area contributed by atoms with Gasteiger partial charge in [-0.15, -0.1) is 0 Å². The average molecular weight is 558 g/mol. The molecule has 0 heterocycles. The number of rotatable bonds is 12. The van der Waals surface area contributed by atoms with Crippen LogP contribution in [0.2, 0.25) is 0 Å². The van der Waals surface area contributed by atoms with Crippen LogP contribution >= 0.6 is 0 Å². The average Bonchev–Trinajstić information content (AvgIpc) is 3.25. The van der Waals surface area contributed by atoms with E-state index in [4.69, 9.17) is 4.74 Å². The Labute approximate surface area is 241 Å². The highest BCUT2D eigenvalue weighted by Gasteiger charge is 2.34. The summed E-state index contributed by atoms with van der Waals surface area (Å²) in [5, 5.41) is 15.3. The van der Waals surface area contributed by atoms with E-state index in [1.54, 1.807) is 6.92 Å². The molecule has 8 heteroatoms. The lowest BCUT2D eigenvalue weighted by atomic mass is 9.88. The Bertz CT molecular complexity index is 1310. The summed E-state index contributed by atoms with van der Waals surface area (Å²) in [5.41, 5.74) is 5.57. The van der Waals surface area contributed by atoms with Gasteiger partial charge in [-0.2, -0.15) is 0 Å². The molecular weight excluding hydrogens is 518 g/mol. The number of benzene rings is 3. The van der Waals surface area contributed by atoms with Gasteiger partial charge in [0, 0.05) is 25.0 Å². The van der Waals surface area contributed by atoms with Gasteiger partial charge in [0.05, 0.1) is 5.92 Å². The van der Waals surface area contributed by atoms with Crippen molar-refractivity contribution in [2.75, 3.05) is 20.2 Å². The second kappa shape index (κ2) is 13.5. The van der Waals surface area contributed by atoms with Gasteiger partial charge in [0.1, 0.15) is 12.6 Å². The van der Waals surface area contributed by atoms with Crippen LogP contribution in [-0.2, 0) is 20.9 Å². The first-order valence-corrected chi connectivity index (χ1v) is 14.0.